The molecule has 1 heterocycles. The maximum atomic E-state index is 12.2. The molecule has 1 aromatic rings. The lowest BCUT2D eigenvalue weighted by Gasteiger charge is -2.33. The first-order chi connectivity index (χ1) is 7.93. The third-order valence-electron chi connectivity index (χ3n) is 3.41. The van der Waals surface area contributed by atoms with Gasteiger partial charge < -0.3 is 0 Å². The summed E-state index contributed by atoms with van der Waals surface area (Å²) in [7, 11) is -3.45. The highest BCUT2D eigenvalue weighted by molar-refractivity contribution is 7.89. The van der Waals surface area contributed by atoms with Gasteiger partial charge in [-0.05, 0) is 26.7 Å². The molecule has 2 N–H and O–H groups in total. The third kappa shape index (κ3) is 2.69. The van der Waals surface area contributed by atoms with E-state index in [2.05, 4.69) is 14.9 Å². The number of rotatable bonds is 3. The van der Waals surface area contributed by atoms with Crippen LogP contribution < -0.4 is 4.72 Å². The third-order valence-corrected chi connectivity index (χ3v) is 5.16. The fourth-order valence-electron chi connectivity index (χ4n) is 2.42. The standard InChI is InChI=1S/C11H19N3O2S/c1-9-10(8-12-13-9)17(15,16)14-11(2)6-4-3-5-7-11/h8,14H,3-7H2,1-2H3,(H,12,13). The predicted octanol–water partition coefficient (Wildman–Crippen LogP) is 1.72. The van der Waals surface area contributed by atoms with Gasteiger partial charge in [0.15, 0.2) is 0 Å². The molecule has 0 spiro atoms. The van der Waals surface area contributed by atoms with Gasteiger partial charge in [-0.2, -0.15) is 5.10 Å². The lowest BCUT2D eigenvalue weighted by atomic mass is 9.84. The van der Waals surface area contributed by atoms with E-state index in [1.54, 1.807) is 6.92 Å². The van der Waals surface area contributed by atoms with Crippen molar-refractivity contribution in [1.82, 2.24) is 14.9 Å². The fourth-order valence-corrected chi connectivity index (χ4v) is 4.03. The number of nitrogens with one attached hydrogen (secondary N) is 2. The minimum atomic E-state index is -3.45. The quantitative estimate of drug-likeness (QED) is 0.865. The Bertz CT molecular complexity index is 487. The van der Waals surface area contributed by atoms with E-state index in [0.717, 1.165) is 25.7 Å². The van der Waals surface area contributed by atoms with Gasteiger partial charge >= 0.3 is 0 Å². The SMILES string of the molecule is Cc1[nH]ncc1S(=O)(=O)NC1(C)CCCCC1. The largest absolute Gasteiger partial charge is 0.281 e. The molecule has 6 heteroatoms. The first-order valence-electron chi connectivity index (χ1n) is 5.97. The molecular formula is C11H19N3O2S. The predicted molar refractivity (Wildman–Crippen MR) is 65.1 cm³/mol. The topological polar surface area (TPSA) is 74.8 Å². The summed E-state index contributed by atoms with van der Waals surface area (Å²) < 4.78 is 27.3. The summed E-state index contributed by atoms with van der Waals surface area (Å²) in [6.45, 7) is 3.70. The zero-order valence-corrected chi connectivity index (χ0v) is 11.1. The van der Waals surface area contributed by atoms with E-state index in [1.165, 1.54) is 12.6 Å². The monoisotopic (exact) mass is 257 g/mol. The van der Waals surface area contributed by atoms with Crippen LogP contribution in [-0.4, -0.2) is 24.2 Å². The molecule has 17 heavy (non-hydrogen) atoms. The second kappa shape index (κ2) is 4.42. The Balaban J connectivity index is 2.20. The number of hydrogen-bond donors (Lipinski definition) is 2. The molecule has 1 saturated carbocycles. The van der Waals surface area contributed by atoms with Crippen molar-refractivity contribution in [3.05, 3.63) is 11.9 Å². The van der Waals surface area contributed by atoms with Gasteiger partial charge in [-0.3, -0.25) is 5.10 Å². The molecule has 0 saturated heterocycles. The van der Waals surface area contributed by atoms with Crippen LogP contribution in [0.4, 0.5) is 0 Å². The number of aromatic nitrogens is 2. The van der Waals surface area contributed by atoms with Crippen molar-refractivity contribution in [3.8, 4) is 0 Å². The maximum Gasteiger partial charge on any atom is 0.244 e. The van der Waals surface area contributed by atoms with E-state index in [0.29, 0.717) is 5.69 Å². The van der Waals surface area contributed by atoms with E-state index in [9.17, 15) is 8.42 Å². The molecule has 2 rings (SSSR count). The van der Waals surface area contributed by atoms with Crippen molar-refractivity contribution in [2.45, 2.75) is 56.4 Å². The second-order valence-corrected chi connectivity index (χ2v) is 6.74. The minimum absolute atomic E-state index is 0.254. The first kappa shape index (κ1) is 12.6. The molecule has 0 aliphatic heterocycles. The van der Waals surface area contributed by atoms with Crippen molar-refractivity contribution >= 4 is 10.0 Å². The molecule has 0 bridgehead atoms. The van der Waals surface area contributed by atoms with Gasteiger partial charge in [-0.1, -0.05) is 19.3 Å². The molecule has 0 atom stereocenters. The Labute approximate surface area is 102 Å². The Hall–Kier alpha value is -0.880. The zero-order valence-electron chi connectivity index (χ0n) is 10.3. The van der Waals surface area contributed by atoms with Crippen LogP contribution in [0.3, 0.4) is 0 Å². The number of nitrogens with zero attached hydrogens (tertiary/aromatic N) is 1. The molecule has 0 unspecified atom stereocenters. The normalized spacial score (nSPS) is 20.4. The lowest BCUT2D eigenvalue weighted by molar-refractivity contribution is 0.294. The van der Waals surface area contributed by atoms with Crippen molar-refractivity contribution in [2.75, 3.05) is 0 Å². The van der Waals surface area contributed by atoms with E-state index < -0.39 is 10.0 Å². The molecule has 0 aromatic carbocycles. The molecule has 96 valence electrons. The van der Waals surface area contributed by atoms with Crippen LogP contribution in [0.5, 0.6) is 0 Å². The smallest absolute Gasteiger partial charge is 0.244 e. The summed E-state index contributed by atoms with van der Waals surface area (Å²) in [5, 5.41) is 6.41. The Morgan fingerprint density at radius 1 is 1.35 bits per heavy atom. The summed E-state index contributed by atoms with van der Waals surface area (Å²) in [4.78, 5) is 0.254. The number of sulfonamides is 1. The summed E-state index contributed by atoms with van der Waals surface area (Å²) >= 11 is 0. The van der Waals surface area contributed by atoms with E-state index >= 15 is 0 Å². The molecule has 5 nitrogen and oxygen atoms in total. The lowest BCUT2D eigenvalue weighted by Crippen LogP contribution is -2.47. The number of H-pyrrole nitrogens is 1. The van der Waals surface area contributed by atoms with Crippen molar-refractivity contribution < 1.29 is 8.42 Å². The number of aryl methyl sites for hydroxylation is 1. The highest BCUT2D eigenvalue weighted by atomic mass is 32.2. The fraction of sp³-hybridized carbons (Fsp3) is 0.727. The van der Waals surface area contributed by atoms with E-state index in [4.69, 9.17) is 0 Å². The van der Waals surface area contributed by atoms with Gasteiger partial charge in [0, 0.05) is 5.54 Å². The van der Waals surface area contributed by atoms with Gasteiger partial charge in [-0.15, -0.1) is 0 Å². The van der Waals surface area contributed by atoms with Crippen LogP contribution in [-0.2, 0) is 10.0 Å². The zero-order chi connectivity index (χ0) is 12.5. The number of aromatic amines is 1. The van der Waals surface area contributed by atoms with Crippen LogP contribution >= 0.6 is 0 Å². The van der Waals surface area contributed by atoms with Crippen molar-refractivity contribution in [3.63, 3.8) is 0 Å². The summed E-state index contributed by atoms with van der Waals surface area (Å²) in [5.41, 5.74) is 0.276. The molecule has 0 amide bonds. The van der Waals surface area contributed by atoms with Crippen LogP contribution in [0, 0.1) is 6.92 Å². The van der Waals surface area contributed by atoms with Gasteiger partial charge in [0.2, 0.25) is 10.0 Å². The van der Waals surface area contributed by atoms with Crippen molar-refractivity contribution in [2.24, 2.45) is 0 Å². The second-order valence-electron chi connectivity index (χ2n) is 5.09. The first-order valence-corrected chi connectivity index (χ1v) is 7.45. The Kier molecular flexibility index (Phi) is 3.27. The molecule has 1 aliphatic carbocycles. The average Bonchev–Trinajstić information content (AvgIpc) is 2.64. The van der Waals surface area contributed by atoms with Gasteiger partial charge in [0.05, 0.1) is 11.9 Å². The maximum absolute atomic E-state index is 12.2. The van der Waals surface area contributed by atoms with Crippen LogP contribution in [0.1, 0.15) is 44.7 Å². The van der Waals surface area contributed by atoms with Gasteiger partial charge in [-0.25, -0.2) is 13.1 Å². The average molecular weight is 257 g/mol. The van der Waals surface area contributed by atoms with E-state index in [1.807, 2.05) is 6.92 Å². The highest BCUT2D eigenvalue weighted by Gasteiger charge is 2.33. The van der Waals surface area contributed by atoms with Crippen LogP contribution in [0.2, 0.25) is 0 Å². The van der Waals surface area contributed by atoms with Crippen molar-refractivity contribution in [1.29, 1.82) is 0 Å². The molecular weight excluding hydrogens is 238 g/mol. The summed E-state index contributed by atoms with van der Waals surface area (Å²) in [6, 6.07) is 0. The van der Waals surface area contributed by atoms with Gasteiger partial charge in [0.1, 0.15) is 4.90 Å². The molecule has 1 fully saturated rings. The Morgan fingerprint density at radius 3 is 2.53 bits per heavy atom. The molecule has 0 radical (unpaired) electrons. The Morgan fingerprint density at radius 2 is 2.00 bits per heavy atom. The number of hydrogen-bond acceptors (Lipinski definition) is 3. The van der Waals surface area contributed by atoms with E-state index in [-0.39, 0.29) is 10.4 Å². The minimum Gasteiger partial charge on any atom is -0.281 e. The molecule has 1 aliphatic rings. The summed E-state index contributed by atoms with van der Waals surface area (Å²) in [5.74, 6) is 0. The summed E-state index contributed by atoms with van der Waals surface area (Å²) in [6.07, 6.45) is 6.55. The van der Waals surface area contributed by atoms with Crippen LogP contribution in [0.15, 0.2) is 11.1 Å². The highest BCUT2D eigenvalue weighted by Crippen LogP contribution is 2.29. The molecule has 1 aromatic heterocycles. The van der Waals surface area contributed by atoms with Gasteiger partial charge in [0.25, 0.3) is 0 Å². The van der Waals surface area contributed by atoms with Crippen LogP contribution in [0.25, 0.3) is 0 Å².